The van der Waals surface area contributed by atoms with Crippen molar-refractivity contribution in [1.82, 2.24) is 9.97 Å². The molecular formula is C40H48ClN3O6S. The average molecular weight is 734 g/mol. The molecule has 2 aromatic carbocycles. The molecule has 3 aliphatic carbocycles. The SMILES string of the molecule is CO[C@@H](C1=CC(CCS(=O)(=O)c2ncccn2)C1)[C@@H]1CC[C@H]1CN1C[C@@]2(CCCc3cc(Cl)ccc32)COc2ccc(C(=O)OC(C)(C)C)cc21. The molecule has 1 aromatic heterocycles. The van der Waals surface area contributed by atoms with E-state index < -0.39 is 15.4 Å². The third kappa shape index (κ3) is 7.55. The van der Waals surface area contributed by atoms with Crippen molar-refractivity contribution >= 4 is 33.1 Å². The van der Waals surface area contributed by atoms with Gasteiger partial charge < -0.3 is 19.1 Å². The first kappa shape index (κ1) is 35.9. The normalized spacial score (nSPS) is 24.9. The van der Waals surface area contributed by atoms with Gasteiger partial charge in [-0.05, 0) is 137 Å². The number of carbonyl (C=O) groups is 1. The number of rotatable bonds is 10. The lowest BCUT2D eigenvalue weighted by atomic mass is 9.65. The van der Waals surface area contributed by atoms with Crippen molar-refractivity contribution < 1.29 is 27.4 Å². The summed E-state index contributed by atoms with van der Waals surface area (Å²) in [6.07, 6.45) is 11.7. The second-order valence-electron chi connectivity index (χ2n) is 15.8. The number of methoxy groups -OCH3 is 1. The number of halogens is 1. The van der Waals surface area contributed by atoms with Crippen LogP contribution >= 0.6 is 11.6 Å². The summed E-state index contributed by atoms with van der Waals surface area (Å²) in [5.74, 6) is 1.34. The molecule has 9 nitrogen and oxygen atoms in total. The molecule has 7 rings (SSSR count). The minimum Gasteiger partial charge on any atom is -0.490 e. The van der Waals surface area contributed by atoms with Gasteiger partial charge in [0.15, 0.2) is 0 Å². The van der Waals surface area contributed by atoms with E-state index >= 15 is 0 Å². The molecule has 0 N–H and O–H groups in total. The maximum atomic E-state index is 13.3. The van der Waals surface area contributed by atoms with Gasteiger partial charge in [-0.1, -0.05) is 23.7 Å². The van der Waals surface area contributed by atoms with Crippen LogP contribution in [0.3, 0.4) is 0 Å². The summed E-state index contributed by atoms with van der Waals surface area (Å²) in [6, 6.07) is 13.6. The van der Waals surface area contributed by atoms with Gasteiger partial charge in [-0.2, -0.15) is 0 Å². The van der Waals surface area contributed by atoms with Crippen LogP contribution in [-0.2, 0) is 31.1 Å². The third-order valence-electron chi connectivity index (χ3n) is 11.1. The molecule has 1 fully saturated rings. The van der Waals surface area contributed by atoms with Crippen LogP contribution < -0.4 is 9.64 Å². The second-order valence-corrected chi connectivity index (χ2v) is 18.2. The zero-order valence-corrected chi connectivity index (χ0v) is 31.5. The first-order chi connectivity index (χ1) is 24.3. The van der Waals surface area contributed by atoms with Gasteiger partial charge in [0.2, 0.25) is 15.0 Å². The van der Waals surface area contributed by atoms with E-state index in [0.717, 1.165) is 68.1 Å². The Kier molecular flexibility index (Phi) is 9.97. The number of carbonyl (C=O) groups excluding carboxylic acids is 1. The fourth-order valence-corrected chi connectivity index (χ4v) is 9.93. The van der Waals surface area contributed by atoms with Crippen molar-refractivity contribution in [1.29, 1.82) is 0 Å². The number of aryl methyl sites for hydroxylation is 1. The molecule has 0 radical (unpaired) electrons. The van der Waals surface area contributed by atoms with E-state index in [1.807, 2.05) is 45.0 Å². The summed E-state index contributed by atoms with van der Waals surface area (Å²) in [7, 11) is -1.74. The van der Waals surface area contributed by atoms with Crippen LogP contribution in [0.5, 0.6) is 5.75 Å². The van der Waals surface area contributed by atoms with Crippen molar-refractivity contribution in [3.63, 3.8) is 0 Å². The number of hydrogen-bond donors (Lipinski definition) is 0. The fraction of sp³-hybridized carbons (Fsp3) is 0.525. The largest absolute Gasteiger partial charge is 0.490 e. The number of sulfone groups is 1. The third-order valence-corrected chi connectivity index (χ3v) is 12.9. The molecule has 5 atom stereocenters. The van der Waals surface area contributed by atoms with Gasteiger partial charge >= 0.3 is 5.97 Å². The summed E-state index contributed by atoms with van der Waals surface area (Å²) in [5.41, 5.74) is 4.44. The topological polar surface area (TPSA) is 108 Å². The number of aromatic nitrogens is 2. The average Bonchev–Trinajstić information content (AvgIpc) is 3.21. The molecule has 1 aliphatic heterocycles. The van der Waals surface area contributed by atoms with Crippen molar-refractivity contribution in [3.05, 3.63) is 88.2 Å². The predicted octanol–water partition coefficient (Wildman–Crippen LogP) is 7.41. The van der Waals surface area contributed by atoms with Crippen molar-refractivity contribution in [2.75, 3.05) is 37.5 Å². The minimum atomic E-state index is -3.52. The number of esters is 1. The highest BCUT2D eigenvalue weighted by atomic mass is 35.5. The van der Waals surface area contributed by atoms with Crippen molar-refractivity contribution in [3.8, 4) is 5.75 Å². The Morgan fingerprint density at radius 1 is 1.14 bits per heavy atom. The molecule has 2 heterocycles. The lowest BCUT2D eigenvalue weighted by molar-refractivity contribution is 0.000512. The number of benzene rings is 2. The highest BCUT2D eigenvalue weighted by molar-refractivity contribution is 7.91. The molecule has 272 valence electrons. The summed E-state index contributed by atoms with van der Waals surface area (Å²) in [6.45, 7) is 7.75. The summed E-state index contributed by atoms with van der Waals surface area (Å²) >= 11 is 6.47. The first-order valence-corrected chi connectivity index (χ1v) is 20.1. The van der Waals surface area contributed by atoms with E-state index in [9.17, 15) is 13.2 Å². The molecule has 4 aliphatic rings. The smallest absolute Gasteiger partial charge is 0.338 e. The lowest BCUT2D eigenvalue weighted by Gasteiger charge is -2.48. The lowest BCUT2D eigenvalue weighted by Crippen LogP contribution is -2.50. The number of ether oxygens (including phenoxy) is 3. The maximum Gasteiger partial charge on any atom is 0.338 e. The standard InChI is InChI=1S/C40H48ClN3O6S/c1-39(2,3)50-37(45)28-9-13-35-34(22-28)44(24-40(25-49-35)15-5-7-27-21-31(41)10-12-33(27)40)23-29-8-11-32(29)36(48-4)30-19-26(20-30)14-18-51(46,47)38-42-16-6-17-43-38/h6,9-10,12-13,16-17,19,21-22,26,29,32,36H,5,7-8,11,14-15,18,20,23-25H2,1-4H3/t26?,29-,32+,36-,40-/m0/s1. The summed E-state index contributed by atoms with van der Waals surface area (Å²) in [4.78, 5) is 23.6. The van der Waals surface area contributed by atoms with Crippen LogP contribution in [0.4, 0.5) is 5.69 Å². The van der Waals surface area contributed by atoms with Crippen LogP contribution in [0.1, 0.15) is 80.8 Å². The van der Waals surface area contributed by atoms with Crippen LogP contribution in [-0.4, -0.2) is 68.6 Å². The number of anilines is 1. The Morgan fingerprint density at radius 2 is 1.92 bits per heavy atom. The van der Waals surface area contributed by atoms with E-state index in [2.05, 4.69) is 33.1 Å². The zero-order chi connectivity index (χ0) is 36.0. The molecule has 1 unspecified atom stereocenters. The van der Waals surface area contributed by atoms with Crippen LogP contribution in [0, 0.1) is 17.8 Å². The van der Waals surface area contributed by atoms with Crippen molar-refractivity contribution in [2.24, 2.45) is 17.8 Å². The molecule has 0 amide bonds. The molecule has 11 heteroatoms. The predicted molar refractivity (Wildman–Crippen MR) is 197 cm³/mol. The van der Waals surface area contributed by atoms with Crippen LogP contribution in [0.2, 0.25) is 5.02 Å². The quantitative estimate of drug-likeness (QED) is 0.120. The Morgan fingerprint density at radius 3 is 2.63 bits per heavy atom. The zero-order valence-electron chi connectivity index (χ0n) is 29.9. The molecule has 1 saturated carbocycles. The number of allylic oxidation sites excluding steroid dienone is 1. The number of fused-ring (bicyclic) bond motifs is 3. The second kappa shape index (κ2) is 14.2. The Hall–Kier alpha value is -3.47. The molecule has 3 aromatic rings. The summed E-state index contributed by atoms with van der Waals surface area (Å²) in [5, 5.41) is 0.645. The highest BCUT2D eigenvalue weighted by Crippen LogP contribution is 2.49. The molecule has 0 saturated heterocycles. The Balaban J connectivity index is 1.12. The molecule has 51 heavy (non-hydrogen) atoms. The van der Waals surface area contributed by atoms with Gasteiger partial charge in [-0.15, -0.1) is 0 Å². The van der Waals surface area contributed by atoms with E-state index in [1.54, 1.807) is 13.2 Å². The minimum absolute atomic E-state index is 0.0173. The van der Waals surface area contributed by atoms with E-state index in [1.165, 1.54) is 29.1 Å². The fourth-order valence-electron chi connectivity index (χ4n) is 8.49. The van der Waals surface area contributed by atoms with E-state index in [-0.39, 0.29) is 34.3 Å². The Labute approximate surface area is 306 Å². The maximum absolute atomic E-state index is 13.3. The summed E-state index contributed by atoms with van der Waals surface area (Å²) < 4.78 is 44.1. The van der Waals surface area contributed by atoms with Gasteiger partial charge in [0, 0.05) is 43.0 Å². The van der Waals surface area contributed by atoms with Gasteiger partial charge in [0.1, 0.15) is 11.4 Å². The molecule has 1 spiro atoms. The molecular weight excluding hydrogens is 686 g/mol. The van der Waals surface area contributed by atoms with Gasteiger partial charge in [0.25, 0.3) is 0 Å². The monoisotopic (exact) mass is 733 g/mol. The highest BCUT2D eigenvalue weighted by Gasteiger charge is 2.46. The Bertz CT molecular complexity index is 1910. The van der Waals surface area contributed by atoms with Gasteiger partial charge in [-0.25, -0.2) is 23.2 Å². The first-order valence-electron chi connectivity index (χ1n) is 18.1. The van der Waals surface area contributed by atoms with Crippen molar-refractivity contribution in [2.45, 2.75) is 88.0 Å². The number of nitrogens with zero attached hydrogens (tertiary/aromatic N) is 3. The van der Waals surface area contributed by atoms with Gasteiger partial charge in [0.05, 0.1) is 29.7 Å². The van der Waals surface area contributed by atoms with Crippen LogP contribution in [0.15, 0.2) is 71.7 Å². The van der Waals surface area contributed by atoms with E-state index in [4.69, 9.17) is 25.8 Å². The van der Waals surface area contributed by atoms with E-state index in [0.29, 0.717) is 30.4 Å². The number of hydrogen-bond acceptors (Lipinski definition) is 9. The van der Waals surface area contributed by atoms with Crippen LogP contribution in [0.25, 0.3) is 0 Å². The van der Waals surface area contributed by atoms with Gasteiger partial charge in [-0.3, -0.25) is 0 Å². The molecule has 0 bridgehead atoms.